The molecule has 1 aliphatic heterocycles. The minimum absolute atomic E-state index is 0.0194. The van der Waals surface area contributed by atoms with Crippen LogP contribution in [0.4, 0.5) is 0 Å². The fourth-order valence-electron chi connectivity index (χ4n) is 4.33. The molecule has 33 heavy (non-hydrogen) atoms. The normalized spacial score (nSPS) is 15.5. The van der Waals surface area contributed by atoms with Gasteiger partial charge in [0.2, 0.25) is 0 Å². The third-order valence-electron chi connectivity index (χ3n) is 6.02. The van der Waals surface area contributed by atoms with Gasteiger partial charge in [0.05, 0.1) is 24.5 Å². The summed E-state index contributed by atoms with van der Waals surface area (Å²) in [6.45, 7) is 1.18. The molecule has 0 radical (unpaired) electrons. The lowest BCUT2D eigenvalue weighted by molar-refractivity contribution is -0.137. The molecule has 4 rings (SSSR count). The molecule has 172 valence electrons. The van der Waals surface area contributed by atoms with Gasteiger partial charge in [0, 0.05) is 18.5 Å². The minimum atomic E-state index is -0.775. The van der Waals surface area contributed by atoms with Crippen LogP contribution in [0, 0.1) is 0 Å². The summed E-state index contributed by atoms with van der Waals surface area (Å²) in [5.74, 6) is 0.617. The van der Waals surface area contributed by atoms with E-state index in [2.05, 4.69) is 12.1 Å². The first-order chi connectivity index (χ1) is 16.1. The lowest BCUT2D eigenvalue weighted by Crippen LogP contribution is -2.31. The topological polar surface area (TPSA) is 80.0 Å². The molecule has 0 bridgehead atoms. The molecule has 1 aliphatic rings. The number of aliphatic carboxylic acids is 1. The number of carboxylic acid groups (broad SMARTS) is 1. The molecule has 2 aromatic carbocycles. The van der Waals surface area contributed by atoms with Crippen LogP contribution in [0.2, 0.25) is 0 Å². The third kappa shape index (κ3) is 5.64. The summed E-state index contributed by atoms with van der Waals surface area (Å²) in [6.07, 6.45) is 5.90. The molecule has 3 aromatic rings. The Morgan fingerprint density at radius 1 is 1.00 bits per heavy atom. The Morgan fingerprint density at radius 2 is 1.82 bits per heavy atom. The first-order valence-electron chi connectivity index (χ1n) is 11.5. The van der Waals surface area contributed by atoms with Gasteiger partial charge in [0.1, 0.15) is 11.5 Å². The van der Waals surface area contributed by atoms with Crippen LogP contribution in [-0.2, 0) is 4.79 Å². The number of benzene rings is 2. The minimum Gasteiger partial charge on any atom is -0.493 e. The average molecular weight is 448 g/mol. The molecule has 0 saturated carbocycles. The van der Waals surface area contributed by atoms with Gasteiger partial charge in [0.15, 0.2) is 0 Å². The van der Waals surface area contributed by atoms with E-state index in [4.69, 9.17) is 14.3 Å². The number of furan rings is 1. The Bertz CT molecular complexity index is 1060. The monoisotopic (exact) mass is 447 g/mol. The molecule has 1 aromatic heterocycles. The summed E-state index contributed by atoms with van der Waals surface area (Å²) in [5.41, 5.74) is 2.71. The number of rotatable bonds is 10. The van der Waals surface area contributed by atoms with Crippen molar-refractivity contribution in [2.45, 2.75) is 44.6 Å². The molecule has 1 saturated heterocycles. The van der Waals surface area contributed by atoms with Gasteiger partial charge < -0.3 is 19.2 Å². The second-order valence-electron chi connectivity index (χ2n) is 8.30. The van der Waals surface area contributed by atoms with Crippen molar-refractivity contribution >= 4 is 11.9 Å². The number of hydrogen-bond donors (Lipinski definition) is 1. The molecule has 1 unspecified atom stereocenters. The Hall–Kier alpha value is -3.54. The van der Waals surface area contributed by atoms with Crippen molar-refractivity contribution in [3.8, 4) is 17.1 Å². The molecule has 6 heteroatoms. The Labute approximate surface area is 193 Å². The molecule has 2 heterocycles. The van der Waals surface area contributed by atoms with Crippen molar-refractivity contribution in [3.63, 3.8) is 0 Å². The Kier molecular flexibility index (Phi) is 7.45. The van der Waals surface area contributed by atoms with E-state index in [9.17, 15) is 9.59 Å². The maximum Gasteiger partial charge on any atom is 0.303 e. The predicted molar refractivity (Wildman–Crippen MR) is 125 cm³/mol. The first-order valence-corrected chi connectivity index (χ1v) is 11.5. The summed E-state index contributed by atoms with van der Waals surface area (Å²) in [7, 11) is 0. The number of para-hydroxylation sites is 1. The van der Waals surface area contributed by atoms with Crippen LogP contribution in [0.15, 0.2) is 71.3 Å². The largest absolute Gasteiger partial charge is 0.493 e. The van der Waals surface area contributed by atoms with Crippen LogP contribution < -0.4 is 4.74 Å². The van der Waals surface area contributed by atoms with Crippen molar-refractivity contribution in [3.05, 3.63) is 78.1 Å². The van der Waals surface area contributed by atoms with Crippen LogP contribution in [0.5, 0.6) is 5.75 Å². The van der Waals surface area contributed by atoms with Crippen molar-refractivity contribution in [2.24, 2.45) is 0 Å². The van der Waals surface area contributed by atoms with Crippen LogP contribution in [-0.4, -0.2) is 35.0 Å². The second kappa shape index (κ2) is 10.9. The van der Waals surface area contributed by atoms with Gasteiger partial charge in [-0.3, -0.25) is 9.59 Å². The number of amides is 1. The Balaban J connectivity index is 1.41. The molecule has 0 spiro atoms. The number of nitrogens with zero attached hydrogens (tertiary/aromatic N) is 1. The van der Waals surface area contributed by atoms with Crippen molar-refractivity contribution in [2.75, 3.05) is 13.2 Å². The van der Waals surface area contributed by atoms with Crippen molar-refractivity contribution in [1.82, 2.24) is 4.90 Å². The highest BCUT2D eigenvalue weighted by molar-refractivity contribution is 5.97. The van der Waals surface area contributed by atoms with Gasteiger partial charge in [-0.2, -0.15) is 0 Å². The van der Waals surface area contributed by atoms with Crippen LogP contribution >= 0.6 is 0 Å². The molecule has 1 atom stereocenters. The fourth-order valence-corrected chi connectivity index (χ4v) is 4.33. The van der Waals surface area contributed by atoms with E-state index in [-0.39, 0.29) is 18.4 Å². The fraction of sp³-hybridized carbons (Fsp3) is 0.333. The number of ether oxygens (including phenoxy) is 1. The molecular weight excluding hydrogens is 418 g/mol. The maximum absolute atomic E-state index is 13.5. The Morgan fingerprint density at radius 3 is 2.58 bits per heavy atom. The zero-order valence-corrected chi connectivity index (χ0v) is 18.6. The van der Waals surface area contributed by atoms with Crippen LogP contribution in [0.1, 0.15) is 60.5 Å². The number of carbonyl (C=O) groups is 2. The van der Waals surface area contributed by atoms with E-state index in [0.717, 1.165) is 42.6 Å². The van der Waals surface area contributed by atoms with E-state index in [1.807, 2.05) is 53.4 Å². The average Bonchev–Trinajstić information content (AvgIpc) is 3.54. The summed E-state index contributed by atoms with van der Waals surface area (Å²) < 4.78 is 11.4. The smallest absolute Gasteiger partial charge is 0.303 e. The number of carbonyl (C=O) groups excluding carboxylic acids is 1. The highest BCUT2D eigenvalue weighted by Gasteiger charge is 2.31. The standard InChI is InChI=1S/C27H29NO5/c29-26(30)12-2-1-5-18-33-25-10-4-3-8-22(25)27(31)28-17-6-9-23(28)20-13-15-21(16-14-20)24-11-7-19-32-24/h3-4,7-8,10-11,13-16,19,23H,1-2,5-6,9,12,17-18H2,(H,29,30). The van der Waals surface area contributed by atoms with E-state index < -0.39 is 5.97 Å². The molecule has 1 amide bonds. The van der Waals surface area contributed by atoms with Crippen molar-refractivity contribution in [1.29, 1.82) is 0 Å². The van der Waals surface area contributed by atoms with Gasteiger partial charge in [-0.05, 0) is 61.9 Å². The summed E-state index contributed by atoms with van der Waals surface area (Å²) in [5, 5.41) is 8.73. The van der Waals surface area contributed by atoms with Crippen molar-refractivity contribution < 1.29 is 23.8 Å². The maximum atomic E-state index is 13.5. The lowest BCUT2D eigenvalue weighted by atomic mass is 10.0. The van der Waals surface area contributed by atoms with Crippen LogP contribution in [0.3, 0.4) is 0 Å². The SMILES string of the molecule is O=C(O)CCCCCOc1ccccc1C(=O)N1CCCC1c1ccc(-c2ccco2)cc1. The van der Waals surface area contributed by atoms with E-state index in [1.54, 1.807) is 6.26 Å². The number of hydrogen-bond acceptors (Lipinski definition) is 4. The highest BCUT2D eigenvalue weighted by Crippen LogP contribution is 2.35. The van der Waals surface area contributed by atoms with E-state index >= 15 is 0 Å². The molecular formula is C27H29NO5. The zero-order chi connectivity index (χ0) is 23.0. The summed E-state index contributed by atoms with van der Waals surface area (Å²) in [4.78, 5) is 26.0. The number of likely N-dealkylation sites (tertiary alicyclic amines) is 1. The van der Waals surface area contributed by atoms with Gasteiger partial charge in [-0.15, -0.1) is 0 Å². The quantitative estimate of drug-likeness (QED) is 0.389. The number of unbranched alkanes of at least 4 members (excludes halogenated alkanes) is 2. The van der Waals surface area contributed by atoms with Crippen LogP contribution in [0.25, 0.3) is 11.3 Å². The van der Waals surface area contributed by atoms with E-state index in [0.29, 0.717) is 30.9 Å². The lowest BCUT2D eigenvalue weighted by Gasteiger charge is -2.26. The molecule has 1 fully saturated rings. The summed E-state index contributed by atoms with van der Waals surface area (Å²) in [6, 6.07) is 19.4. The summed E-state index contributed by atoms with van der Waals surface area (Å²) >= 11 is 0. The van der Waals surface area contributed by atoms with Gasteiger partial charge >= 0.3 is 5.97 Å². The van der Waals surface area contributed by atoms with E-state index in [1.165, 1.54) is 0 Å². The van der Waals surface area contributed by atoms with Gasteiger partial charge in [-0.1, -0.05) is 36.4 Å². The van der Waals surface area contributed by atoms with Gasteiger partial charge in [-0.25, -0.2) is 0 Å². The molecule has 6 nitrogen and oxygen atoms in total. The van der Waals surface area contributed by atoms with Gasteiger partial charge in [0.25, 0.3) is 5.91 Å². The third-order valence-corrected chi connectivity index (χ3v) is 6.02. The second-order valence-corrected chi connectivity index (χ2v) is 8.30. The number of carboxylic acids is 1. The first kappa shape index (κ1) is 22.6. The molecule has 1 N–H and O–H groups in total. The zero-order valence-electron chi connectivity index (χ0n) is 18.6. The molecule has 0 aliphatic carbocycles. The predicted octanol–water partition coefficient (Wildman–Crippen LogP) is 5.95. The highest BCUT2D eigenvalue weighted by atomic mass is 16.5.